The molecule has 1 aliphatic rings. The molecule has 1 heterocycles. The third kappa shape index (κ3) is 5.64. The van der Waals surface area contributed by atoms with Gasteiger partial charge in [0, 0.05) is 5.92 Å². The molecule has 3 nitrogen and oxygen atoms in total. The number of hydrogen-bond acceptors (Lipinski definition) is 3. The Bertz CT molecular complexity index is 198. The van der Waals surface area contributed by atoms with Gasteiger partial charge in [-0.15, -0.1) is 0 Å². The fraction of sp³-hybridized carbons (Fsp3) is 0.929. The van der Waals surface area contributed by atoms with Gasteiger partial charge in [0.25, 0.3) is 0 Å². The molecule has 0 bridgehead atoms. The second-order valence-electron chi connectivity index (χ2n) is 4.68. The van der Waals surface area contributed by atoms with Crippen LogP contribution < -0.4 is 10.6 Å². The van der Waals surface area contributed by atoms with Crippen molar-refractivity contribution < 1.29 is 4.79 Å². The Balaban J connectivity index is 0.00000121. The van der Waals surface area contributed by atoms with Crippen LogP contribution in [0.25, 0.3) is 0 Å². The number of hydrogen-bond donors (Lipinski definition) is 2. The van der Waals surface area contributed by atoms with Crippen molar-refractivity contribution in [2.24, 2.45) is 11.8 Å². The van der Waals surface area contributed by atoms with E-state index in [1.807, 2.05) is 27.7 Å². The topological polar surface area (TPSA) is 41.1 Å². The number of piperidine rings is 1. The minimum atomic E-state index is 0.0806. The fourth-order valence-electron chi connectivity index (χ4n) is 2.26. The molecule has 3 heteroatoms. The molecule has 1 atom stereocenters. The Kier molecular flexibility index (Phi) is 9.37. The van der Waals surface area contributed by atoms with Gasteiger partial charge in [-0.05, 0) is 38.4 Å². The summed E-state index contributed by atoms with van der Waals surface area (Å²) in [6, 6.07) is 0.0806. The Morgan fingerprint density at radius 3 is 2.24 bits per heavy atom. The summed E-state index contributed by atoms with van der Waals surface area (Å²) in [6.45, 7) is 13.0. The molecule has 0 spiro atoms. The van der Waals surface area contributed by atoms with Gasteiger partial charge in [0.2, 0.25) is 0 Å². The molecule has 1 rings (SSSR count). The number of carbonyl (C=O) groups excluding carboxylic acids is 1. The molecule has 0 aromatic heterocycles. The zero-order valence-corrected chi connectivity index (χ0v) is 12.2. The van der Waals surface area contributed by atoms with Gasteiger partial charge in [0.15, 0.2) is 5.78 Å². The summed E-state index contributed by atoms with van der Waals surface area (Å²) >= 11 is 0. The lowest BCUT2D eigenvalue weighted by Gasteiger charge is -2.31. The quantitative estimate of drug-likeness (QED) is 0.776. The van der Waals surface area contributed by atoms with Gasteiger partial charge in [0.1, 0.15) is 0 Å². The predicted octanol–water partition coefficient (Wildman–Crippen LogP) is 2.22. The summed E-state index contributed by atoms with van der Waals surface area (Å²) in [4.78, 5) is 12.0. The van der Waals surface area contributed by atoms with E-state index in [1.54, 1.807) is 0 Å². The summed E-state index contributed by atoms with van der Waals surface area (Å²) in [5.74, 6) is 1.05. The van der Waals surface area contributed by atoms with Crippen LogP contribution in [-0.4, -0.2) is 31.5 Å². The van der Waals surface area contributed by atoms with Crippen LogP contribution in [0.15, 0.2) is 0 Å². The van der Waals surface area contributed by atoms with Crippen LogP contribution in [0, 0.1) is 11.8 Å². The van der Waals surface area contributed by atoms with Crippen molar-refractivity contribution in [2.75, 3.05) is 19.6 Å². The molecule has 1 saturated heterocycles. The molecule has 1 fully saturated rings. The molecular formula is C14H30N2O. The third-order valence-corrected chi connectivity index (χ3v) is 3.15. The van der Waals surface area contributed by atoms with E-state index < -0.39 is 0 Å². The largest absolute Gasteiger partial charge is 0.317 e. The molecule has 102 valence electrons. The normalized spacial score (nSPS) is 18.5. The second-order valence-corrected chi connectivity index (χ2v) is 4.68. The second kappa shape index (κ2) is 9.60. The van der Waals surface area contributed by atoms with E-state index in [-0.39, 0.29) is 12.0 Å². The van der Waals surface area contributed by atoms with Gasteiger partial charge in [0.05, 0.1) is 6.04 Å². The molecule has 0 aromatic carbocycles. The number of carbonyl (C=O) groups is 1. The van der Waals surface area contributed by atoms with Gasteiger partial charge in [-0.25, -0.2) is 0 Å². The van der Waals surface area contributed by atoms with Crippen LogP contribution in [0.1, 0.15) is 47.5 Å². The lowest BCUT2D eigenvalue weighted by Crippen LogP contribution is -2.48. The first-order valence-electron chi connectivity index (χ1n) is 7.14. The summed E-state index contributed by atoms with van der Waals surface area (Å²) < 4.78 is 0. The highest BCUT2D eigenvalue weighted by Crippen LogP contribution is 2.19. The monoisotopic (exact) mass is 242 g/mol. The minimum absolute atomic E-state index is 0.0806. The third-order valence-electron chi connectivity index (χ3n) is 3.15. The van der Waals surface area contributed by atoms with Crippen LogP contribution in [0.5, 0.6) is 0 Å². The van der Waals surface area contributed by atoms with Crippen molar-refractivity contribution >= 4 is 5.78 Å². The number of ketones is 1. The Morgan fingerprint density at radius 1 is 1.29 bits per heavy atom. The maximum absolute atomic E-state index is 12.0. The van der Waals surface area contributed by atoms with E-state index in [2.05, 4.69) is 17.6 Å². The van der Waals surface area contributed by atoms with Gasteiger partial charge < -0.3 is 10.6 Å². The molecule has 0 radical (unpaired) electrons. The first kappa shape index (κ1) is 16.6. The number of rotatable bonds is 5. The predicted molar refractivity (Wildman–Crippen MR) is 74.3 cm³/mol. The number of Topliss-reactive ketones (excluding diaryl/α,β-unsaturated/α-hetero) is 1. The van der Waals surface area contributed by atoms with E-state index in [1.165, 1.54) is 0 Å². The van der Waals surface area contributed by atoms with Crippen LogP contribution in [0.4, 0.5) is 0 Å². The van der Waals surface area contributed by atoms with E-state index in [4.69, 9.17) is 0 Å². The maximum atomic E-state index is 12.0. The van der Waals surface area contributed by atoms with E-state index in [9.17, 15) is 4.79 Å². The average Bonchev–Trinajstić information content (AvgIpc) is 2.38. The van der Waals surface area contributed by atoms with Gasteiger partial charge in [-0.2, -0.15) is 0 Å². The zero-order valence-electron chi connectivity index (χ0n) is 12.2. The lowest BCUT2D eigenvalue weighted by atomic mass is 9.84. The summed E-state index contributed by atoms with van der Waals surface area (Å²) in [6.07, 6.45) is 2.24. The van der Waals surface area contributed by atoms with Gasteiger partial charge in [-0.1, -0.05) is 34.6 Å². The molecule has 0 amide bonds. The molecule has 0 aromatic rings. The highest BCUT2D eigenvalue weighted by Gasteiger charge is 2.29. The van der Waals surface area contributed by atoms with Crippen LogP contribution in [-0.2, 0) is 4.79 Å². The van der Waals surface area contributed by atoms with E-state index >= 15 is 0 Å². The molecule has 2 N–H and O–H groups in total. The molecule has 0 saturated carbocycles. The highest BCUT2D eigenvalue weighted by atomic mass is 16.1. The lowest BCUT2D eigenvalue weighted by molar-refractivity contribution is -0.125. The molecule has 17 heavy (non-hydrogen) atoms. The van der Waals surface area contributed by atoms with Gasteiger partial charge in [-0.3, -0.25) is 4.79 Å². The van der Waals surface area contributed by atoms with Crippen molar-refractivity contribution in [1.82, 2.24) is 10.6 Å². The van der Waals surface area contributed by atoms with Crippen LogP contribution in [0.3, 0.4) is 0 Å². The van der Waals surface area contributed by atoms with E-state index in [0.29, 0.717) is 11.7 Å². The maximum Gasteiger partial charge on any atom is 0.152 e. The van der Waals surface area contributed by atoms with E-state index in [0.717, 1.165) is 32.5 Å². The Hall–Kier alpha value is -0.410. The number of nitrogens with one attached hydrogen (secondary N) is 2. The van der Waals surface area contributed by atoms with Crippen molar-refractivity contribution in [2.45, 2.75) is 53.5 Å². The molecule has 0 aliphatic carbocycles. The fourth-order valence-corrected chi connectivity index (χ4v) is 2.26. The Morgan fingerprint density at radius 2 is 1.82 bits per heavy atom. The average molecular weight is 242 g/mol. The standard InChI is InChI=1S/C12H24N2O.C2H6/c1-4-14-11(12(15)9(2)3)10-5-7-13-8-6-10;1-2/h9-11,13-14H,4-8H2,1-3H3;1-2H3. The molecule has 1 aliphatic heterocycles. The number of likely N-dealkylation sites (N-methyl/N-ethyl adjacent to an activating group) is 1. The highest BCUT2D eigenvalue weighted by molar-refractivity contribution is 5.86. The van der Waals surface area contributed by atoms with Crippen LogP contribution in [0.2, 0.25) is 0 Å². The smallest absolute Gasteiger partial charge is 0.152 e. The first-order valence-corrected chi connectivity index (χ1v) is 7.14. The molecule has 1 unspecified atom stereocenters. The summed E-state index contributed by atoms with van der Waals surface area (Å²) in [7, 11) is 0. The minimum Gasteiger partial charge on any atom is -0.317 e. The Labute approximate surface area is 107 Å². The van der Waals surface area contributed by atoms with Crippen molar-refractivity contribution in [3.05, 3.63) is 0 Å². The SMILES string of the molecule is CC.CCNC(C(=O)C(C)C)C1CCNCC1. The van der Waals surface area contributed by atoms with Crippen molar-refractivity contribution in [3.63, 3.8) is 0 Å². The van der Waals surface area contributed by atoms with Crippen molar-refractivity contribution in [1.29, 1.82) is 0 Å². The summed E-state index contributed by atoms with van der Waals surface area (Å²) in [5, 5.41) is 6.70. The summed E-state index contributed by atoms with van der Waals surface area (Å²) in [5.41, 5.74) is 0. The van der Waals surface area contributed by atoms with Crippen LogP contribution >= 0.6 is 0 Å². The zero-order chi connectivity index (χ0) is 13.3. The molecular weight excluding hydrogens is 212 g/mol. The first-order chi connectivity index (χ1) is 8.16. The van der Waals surface area contributed by atoms with Gasteiger partial charge >= 0.3 is 0 Å². The van der Waals surface area contributed by atoms with Crippen molar-refractivity contribution in [3.8, 4) is 0 Å².